The lowest BCUT2D eigenvalue weighted by molar-refractivity contribution is 0.569. The van der Waals surface area contributed by atoms with Crippen molar-refractivity contribution in [3.8, 4) is 0 Å². The minimum absolute atomic E-state index is 0.0605. The van der Waals surface area contributed by atoms with Crippen LogP contribution in [0.25, 0.3) is 0 Å². The van der Waals surface area contributed by atoms with Crippen molar-refractivity contribution in [2.45, 2.75) is 52.4 Å². The zero-order chi connectivity index (χ0) is 17.5. The topological polar surface area (TPSA) is 0 Å². The number of hydrogen-bond acceptors (Lipinski definition) is 0. The molecule has 0 saturated heterocycles. The Balaban J connectivity index is 2.67. The fourth-order valence-electron chi connectivity index (χ4n) is 2.49. The van der Waals surface area contributed by atoms with Gasteiger partial charge in [0.05, 0.1) is 0 Å². The molecule has 2 aromatic carbocycles. The Kier molecular flexibility index (Phi) is 5.07. The number of hydrogen-bond donors (Lipinski definition) is 0. The number of rotatable bonds is 2. The first kappa shape index (κ1) is 18.6. The van der Waals surface area contributed by atoms with E-state index in [-0.39, 0.29) is 10.8 Å². The zero-order valence-electron chi connectivity index (χ0n) is 14.9. The largest absolute Gasteiger partial charge is 0.310 e. The van der Waals surface area contributed by atoms with Crippen molar-refractivity contribution in [2.24, 2.45) is 0 Å². The van der Waals surface area contributed by atoms with Crippen molar-refractivity contribution >= 4 is 39.2 Å². The van der Waals surface area contributed by atoms with Crippen molar-refractivity contribution in [1.82, 2.24) is 0 Å². The molecule has 0 aliphatic heterocycles. The number of benzene rings is 2. The lowest BCUT2D eigenvalue weighted by atomic mass is 9.81. The van der Waals surface area contributed by atoms with Gasteiger partial charge in [-0.15, -0.1) is 22.2 Å². The normalized spacial score (nSPS) is 13.2. The van der Waals surface area contributed by atoms with Crippen molar-refractivity contribution in [1.29, 1.82) is 0 Å². The Morgan fingerprint density at radius 1 is 0.652 bits per heavy atom. The first-order valence-electron chi connectivity index (χ1n) is 8.02. The van der Waals surface area contributed by atoms with Gasteiger partial charge in [-0.05, 0) is 32.3 Å². The van der Waals surface area contributed by atoms with E-state index < -0.39 is 6.69 Å². The molecule has 3 heteroatoms. The maximum Gasteiger partial charge on any atom is 0.310 e. The third-order valence-electron chi connectivity index (χ3n) is 4.16. The van der Waals surface area contributed by atoms with E-state index in [1.165, 1.54) is 11.1 Å². The maximum absolute atomic E-state index is 6.94. The predicted molar refractivity (Wildman–Crippen MR) is 107 cm³/mol. The Morgan fingerprint density at radius 3 is 1.48 bits per heavy atom. The molecule has 0 atom stereocenters. The van der Waals surface area contributed by atoms with Crippen LogP contribution < -0.4 is 10.4 Å². The van der Waals surface area contributed by atoms with Gasteiger partial charge in [0.25, 0.3) is 0 Å². The van der Waals surface area contributed by atoms with E-state index >= 15 is 0 Å². The highest BCUT2D eigenvalue weighted by Gasteiger charge is 2.35. The highest BCUT2D eigenvalue weighted by Crippen LogP contribution is 2.30. The summed E-state index contributed by atoms with van der Waals surface area (Å²) in [5.41, 5.74) is 2.69. The summed E-state index contributed by atoms with van der Waals surface area (Å²) in [5, 5.41) is 2.11. The molecule has 0 saturated carbocycles. The van der Waals surface area contributed by atoms with E-state index in [0.717, 1.165) is 10.4 Å². The lowest BCUT2D eigenvalue weighted by Crippen LogP contribution is -2.49. The SMILES string of the molecule is CC(C)(C)c1cc(C(C)(C)C)cc([Si](Cl)(Cl)c2ccccc2)c1. The van der Waals surface area contributed by atoms with Crippen LogP contribution >= 0.6 is 22.2 Å². The van der Waals surface area contributed by atoms with Crippen LogP contribution in [0.3, 0.4) is 0 Å². The first-order valence-corrected chi connectivity index (χ1v) is 12.0. The van der Waals surface area contributed by atoms with Crippen LogP contribution in [0.4, 0.5) is 0 Å². The van der Waals surface area contributed by atoms with Crippen LogP contribution in [-0.4, -0.2) is 6.69 Å². The molecule has 2 rings (SSSR count). The Bertz CT molecular complexity index is 645. The highest BCUT2D eigenvalue weighted by molar-refractivity contribution is 7.56. The minimum atomic E-state index is -2.73. The van der Waals surface area contributed by atoms with E-state index in [1.807, 2.05) is 30.3 Å². The van der Waals surface area contributed by atoms with Crippen LogP contribution in [0.2, 0.25) is 0 Å². The monoisotopic (exact) mass is 364 g/mol. The average molecular weight is 365 g/mol. The summed E-state index contributed by atoms with van der Waals surface area (Å²) < 4.78 is 0. The molecule has 0 bridgehead atoms. The Morgan fingerprint density at radius 2 is 1.09 bits per heavy atom. The van der Waals surface area contributed by atoms with Crippen LogP contribution in [-0.2, 0) is 10.8 Å². The molecular weight excluding hydrogens is 339 g/mol. The molecule has 0 aliphatic rings. The van der Waals surface area contributed by atoms with Gasteiger partial charge in [0.1, 0.15) is 0 Å². The van der Waals surface area contributed by atoms with E-state index in [0.29, 0.717) is 0 Å². The molecule has 124 valence electrons. The summed E-state index contributed by atoms with van der Waals surface area (Å²) in [5.74, 6) is 0. The molecular formula is C20H26Cl2Si. The lowest BCUT2D eigenvalue weighted by Gasteiger charge is -2.28. The third kappa shape index (κ3) is 4.20. The van der Waals surface area contributed by atoms with E-state index in [1.54, 1.807) is 0 Å². The smallest absolute Gasteiger partial charge is 0.134 e. The van der Waals surface area contributed by atoms with Crippen molar-refractivity contribution in [3.05, 3.63) is 59.7 Å². The standard InChI is InChI=1S/C20H26Cl2Si/c1-19(2,3)15-12-16(20(4,5)6)14-18(13-15)23(21,22)17-10-8-7-9-11-17/h7-14H,1-6H3. The highest BCUT2D eigenvalue weighted by atomic mass is 35.7. The van der Waals surface area contributed by atoms with Gasteiger partial charge < -0.3 is 0 Å². The molecule has 0 amide bonds. The van der Waals surface area contributed by atoms with E-state index in [4.69, 9.17) is 22.2 Å². The van der Waals surface area contributed by atoms with Crippen molar-refractivity contribution < 1.29 is 0 Å². The second kappa shape index (κ2) is 6.27. The van der Waals surface area contributed by atoms with Crippen molar-refractivity contribution in [3.63, 3.8) is 0 Å². The molecule has 0 radical (unpaired) electrons. The fraction of sp³-hybridized carbons (Fsp3) is 0.400. The summed E-state index contributed by atoms with van der Waals surface area (Å²) in [7, 11) is 0. The van der Waals surface area contributed by atoms with Crippen LogP contribution in [0.5, 0.6) is 0 Å². The van der Waals surface area contributed by atoms with Gasteiger partial charge in [-0.2, -0.15) is 0 Å². The Labute approximate surface area is 151 Å². The molecule has 0 spiro atoms. The molecule has 0 aromatic heterocycles. The summed E-state index contributed by atoms with van der Waals surface area (Å²) in [6.45, 7) is 10.6. The summed E-state index contributed by atoms with van der Waals surface area (Å²) in [4.78, 5) is 0. The first-order chi connectivity index (χ1) is 10.4. The average Bonchev–Trinajstić information content (AvgIpc) is 2.46. The molecule has 0 aliphatic carbocycles. The van der Waals surface area contributed by atoms with Gasteiger partial charge in [-0.3, -0.25) is 0 Å². The van der Waals surface area contributed by atoms with Crippen molar-refractivity contribution in [2.75, 3.05) is 0 Å². The van der Waals surface area contributed by atoms with E-state index in [2.05, 4.69) is 59.7 Å². The second-order valence-electron chi connectivity index (χ2n) is 8.24. The minimum Gasteiger partial charge on any atom is -0.134 e. The van der Waals surface area contributed by atoms with Gasteiger partial charge >= 0.3 is 6.69 Å². The third-order valence-corrected chi connectivity index (χ3v) is 8.85. The molecule has 0 heterocycles. The fourth-order valence-corrected chi connectivity index (χ4v) is 5.52. The zero-order valence-corrected chi connectivity index (χ0v) is 17.4. The summed E-state index contributed by atoms with van der Waals surface area (Å²) in [6, 6.07) is 16.8. The van der Waals surface area contributed by atoms with E-state index in [9.17, 15) is 0 Å². The molecule has 23 heavy (non-hydrogen) atoms. The molecule has 0 unspecified atom stereocenters. The second-order valence-corrected chi connectivity index (χ2v) is 14.5. The summed E-state index contributed by atoms with van der Waals surface area (Å²) in [6.07, 6.45) is 0. The molecule has 0 nitrogen and oxygen atoms in total. The van der Waals surface area contributed by atoms with Gasteiger partial charge in [-0.25, -0.2) is 0 Å². The quantitative estimate of drug-likeness (QED) is 0.499. The molecule has 0 fully saturated rings. The van der Waals surface area contributed by atoms with Crippen LogP contribution in [0.1, 0.15) is 52.7 Å². The predicted octanol–water partition coefficient (Wildman–Crippen LogP) is 5.32. The summed E-state index contributed by atoms with van der Waals surface area (Å²) >= 11 is 13.9. The van der Waals surface area contributed by atoms with Gasteiger partial charge in [0, 0.05) is 0 Å². The van der Waals surface area contributed by atoms with Gasteiger partial charge in [0.15, 0.2) is 0 Å². The molecule has 0 N–H and O–H groups in total. The number of halogens is 2. The van der Waals surface area contributed by atoms with Gasteiger partial charge in [-0.1, -0.05) is 90.1 Å². The van der Waals surface area contributed by atoms with Crippen LogP contribution in [0.15, 0.2) is 48.5 Å². The van der Waals surface area contributed by atoms with Gasteiger partial charge in [0.2, 0.25) is 0 Å². The molecule has 2 aromatic rings. The maximum atomic E-state index is 6.94. The van der Waals surface area contributed by atoms with Crippen LogP contribution in [0, 0.1) is 0 Å². The Hall–Kier alpha value is -0.763.